The molecule has 0 spiro atoms. The Labute approximate surface area is 121 Å². The van der Waals surface area contributed by atoms with E-state index in [4.69, 9.17) is 4.42 Å². The third-order valence-corrected chi connectivity index (χ3v) is 2.97. The highest BCUT2D eigenvalue weighted by Gasteiger charge is 2.09. The quantitative estimate of drug-likeness (QED) is 0.721. The van der Waals surface area contributed by atoms with Crippen molar-refractivity contribution in [2.24, 2.45) is 0 Å². The number of amides is 1. The fourth-order valence-corrected chi connectivity index (χ4v) is 1.89. The van der Waals surface area contributed by atoms with E-state index in [0.29, 0.717) is 17.0 Å². The van der Waals surface area contributed by atoms with Crippen molar-refractivity contribution in [1.82, 2.24) is 15.8 Å². The Hall–Kier alpha value is -3.08. The van der Waals surface area contributed by atoms with Gasteiger partial charge in [-0.3, -0.25) is 20.6 Å². The van der Waals surface area contributed by atoms with Gasteiger partial charge in [-0.25, -0.2) is 0 Å². The largest absolute Gasteiger partial charge is 0.454 e. The van der Waals surface area contributed by atoms with E-state index in [1.165, 1.54) is 6.20 Å². The van der Waals surface area contributed by atoms with E-state index in [1.807, 2.05) is 30.3 Å². The summed E-state index contributed by atoms with van der Waals surface area (Å²) in [5.41, 5.74) is 7.00. The zero-order chi connectivity index (χ0) is 14.7. The molecule has 2 heterocycles. The molecule has 0 fully saturated rings. The van der Waals surface area contributed by atoms with Crippen molar-refractivity contribution in [2.45, 2.75) is 0 Å². The normalized spacial score (nSPS) is 10.3. The van der Waals surface area contributed by atoms with Gasteiger partial charge in [0.05, 0.1) is 11.3 Å². The molecule has 0 bridgehead atoms. The second kappa shape index (κ2) is 5.50. The highest BCUT2D eigenvalue weighted by molar-refractivity contribution is 5.94. The number of fused-ring (bicyclic) bond motifs is 1. The van der Waals surface area contributed by atoms with Crippen LogP contribution in [0.5, 0.6) is 0 Å². The summed E-state index contributed by atoms with van der Waals surface area (Å²) in [7, 11) is 0. The highest BCUT2D eigenvalue weighted by Crippen LogP contribution is 2.21. The summed E-state index contributed by atoms with van der Waals surface area (Å²) in [6.45, 7) is 3.85. The maximum atomic E-state index is 11.9. The number of hydrazine groups is 1. The van der Waals surface area contributed by atoms with Crippen LogP contribution in [0.1, 0.15) is 16.1 Å². The zero-order valence-corrected chi connectivity index (χ0v) is 11.2. The first-order chi connectivity index (χ1) is 10.2. The summed E-state index contributed by atoms with van der Waals surface area (Å²) >= 11 is 0. The Bertz CT molecular complexity index is 760. The number of benzene rings is 1. The number of rotatable bonds is 4. The number of para-hydroxylation sites is 1. The molecule has 0 unspecified atom stereocenters. The van der Waals surface area contributed by atoms with Crippen LogP contribution in [-0.2, 0) is 0 Å². The molecule has 0 atom stereocenters. The third kappa shape index (κ3) is 2.76. The molecule has 0 aliphatic heterocycles. The zero-order valence-electron chi connectivity index (χ0n) is 11.2. The number of nitrogens with one attached hydrogen (secondary N) is 2. The van der Waals surface area contributed by atoms with Gasteiger partial charge in [0.25, 0.3) is 5.91 Å². The number of hydrogen-bond acceptors (Lipinski definition) is 4. The van der Waals surface area contributed by atoms with Crippen LogP contribution >= 0.6 is 0 Å². The number of carbonyl (C=O) groups is 1. The minimum absolute atomic E-state index is 0.291. The van der Waals surface area contributed by atoms with Crippen molar-refractivity contribution in [1.29, 1.82) is 0 Å². The summed E-state index contributed by atoms with van der Waals surface area (Å²) in [6.07, 6.45) is 3.10. The standard InChI is InChI=1S/C16H13N3O2/c1-11(15-9-12-5-2-3-7-14(12)21-15)18-19-16(20)13-6-4-8-17-10-13/h2-10,18H,1H2,(H,19,20). The minimum Gasteiger partial charge on any atom is -0.454 e. The maximum Gasteiger partial charge on any atom is 0.271 e. The van der Waals surface area contributed by atoms with Gasteiger partial charge in [0.1, 0.15) is 5.58 Å². The molecule has 1 amide bonds. The van der Waals surface area contributed by atoms with Crippen LogP contribution < -0.4 is 10.9 Å². The molecule has 5 nitrogen and oxygen atoms in total. The smallest absolute Gasteiger partial charge is 0.271 e. The van der Waals surface area contributed by atoms with Crippen LogP contribution in [0.4, 0.5) is 0 Å². The average Bonchev–Trinajstić information content (AvgIpc) is 2.97. The fraction of sp³-hybridized carbons (Fsp3) is 0. The molecule has 2 aromatic heterocycles. The Morgan fingerprint density at radius 3 is 2.76 bits per heavy atom. The van der Waals surface area contributed by atoms with Gasteiger partial charge >= 0.3 is 0 Å². The van der Waals surface area contributed by atoms with Gasteiger partial charge in [-0.2, -0.15) is 0 Å². The van der Waals surface area contributed by atoms with E-state index in [9.17, 15) is 4.79 Å². The summed E-state index contributed by atoms with van der Waals surface area (Å²) in [5, 5.41) is 0.981. The van der Waals surface area contributed by atoms with Crippen LogP contribution in [0.25, 0.3) is 16.7 Å². The van der Waals surface area contributed by atoms with Gasteiger partial charge in [0.15, 0.2) is 5.76 Å². The lowest BCUT2D eigenvalue weighted by Gasteiger charge is -2.08. The first kappa shape index (κ1) is 12.9. The molecule has 21 heavy (non-hydrogen) atoms. The molecule has 0 aliphatic rings. The second-order valence-electron chi connectivity index (χ2n) is 4.45. The number of hydrogen-bond donors (Lipinski definition) is 2. The Morgan fingerprint density at radius 2 is 2.00 bits per heavy atom. The van der Waals surface area contributed by atoms with Crippen LogP contribution in [0.15, 0.2) is 65.9 Å². The molecule has 0 aliphatic carbocycles. The van der Waals surface area contributed by atoms with Crippen molar-refractivity contribution >= 4 is 22.6 Å². The van der Waals surface area contributed by atoms with Crippen molar-refractivity contribution in [3.8, 4) is 0 Å². The topological polar surface area (TPSA) is 67.2 Å². The van der Waals surface area contributed by atoms with Crippen molar-refractivity contribution in [2.75, 3.05) is 0 Å². The third-order valence-electron chi connectivity index (χ3n) is 2.97. The van der Waals surface area contributed by atoms with Crippen molar-refractivity contribution < 1.29 is 9.21 Å². The number of furan rings is 1. The molecule has 3 aromatic rings. The lowest BCUT2D eigenvalue weighted by atomic mass is 10.2. The molecular weight excluding hydrogens is 266 g/mol. The molecule has 3 rings (SSSR count). The van der Waals surface area contributed by atoms with E-state index in [-0.39, 0.29) is 5.91 Å². The fourth-order valence-electron chi connectivity index (χ4n) is 1.89. The first-order valence-electron chi connectivity index (χ1n) is 6.38. The summed E-state index contributed by atoms with van der Waals surface area (Å²) < 4.78 is 5.64. The molecule has 1 aromatic carbocycles. The Kier molecular flexibility index (Phi) is 3.39. The summed E-state index contributed by atoms with van der Waals surface area (Å²) in [4.78, 5) is 15.8. The summed E-state index contributed by atoms with van der Waals surface area (Å²) in [5.74, 6) is 0.281. The number of pyridine rings is 1. The molecule has 104 valence electrons. The predicted octanol–water partition coefficient (Wildman–Crippen LogP) is 2.73. The van der Waals surface area contributed by atoms with Gasteiger partial charge in [-0.15, -0.1) is 0 Å². The number of carbonyl (C=O) groups excluding carboxylic acids is 1. The van der Waals surface area contributed by atoms with Crippen LogP contribution in [0, 0.1) is 0 Å². The lowest BCUT2D eigenvalue weighted by Crippen LogP contribution is -2.35. The van der Waals surface area contributed by atoms with Gasteiger partial charge in [-0.05, 0) is 24.3 Å². The SMILES string of the molecule is C=C(NNC(=O)c1cccnc1)c1cc2ccccc2o1. The van der Waals surface area contributed by atoms with E-state index < -0.39 is 0 Å². The molecule has 5 heteroatoms. The molecular formula is C16H13N3O2. The Morgan fingerprint density at radius 1 is 1.14 bits per heavy atom. The van der Waals surface area contributed by atoms with E-state index in [1.54, 1.807) is 18.3 Å². The second-order valence-corrected chi connectivity index (χ2v) is 4.45. The average molecular weight is 279 g/mol. The maximum absolute atomic E-state index is 11.9. The monoisotopic (exact) mass is 279 g/mol. The van der Waals surface area contributed by atoms with Gasteiger partial charge in [0.2, 0.25) is 0 Å². The Balaban J connectivity index is 1.68. The highest BCUT2D eigenvalue weighted by atomic mass is 16.3. The van der Waals surface area contributed by atoms with E-state index >= 15 is 0 Å². The van der Waals surface area contributed by atoms with Crippen molar-refractivity contribution in [3.63, 3.8) is 0 Å². The van der Waals surface area contributed by atoms with E-state index in [0.717, 1.165) is 11.0 Å². The lowest BCUT2D eigenvalue weighted by molar-refractivity contribution is 0.0942. The van der Waals surface area contributed by atoms with Crippen LogP contribution in [0.2, 0.25) is 0 Å². The number of aromatic nitrogens is 1. The molecule has 0 radical (unpaired) electrons. The molecule has 0 saturated heterocycles. The number of nitrogens with zero attached hydrogens (tertiary/aromatic N) is 1. The van der Waals surface area contributed by atoms with Gasteiger partial charge in [0, 0.05) is 17.8 Å². The molecule has 2 N–H and O–H groups in total. The van der Waals surface area contributed by atoms with Crippen LogP contribution in [0.3, 0.4) is 0 Å². The molecule has 0 saturated carbocycles. The summed E-state index contributed by atoms with van der Waals surface area (Å²) in [6, 6.07) is 12.9. The first-order valence-corrected chi connectivity index (χ1v) is 6.38. The van der Waals surface area contributed by atoms with Crippen molar-refractivity contribution in [3.05, 3.63) is 72.8 Å². The van der Waals surface area contributed by atoms with Gasteiger partial charge < -0.3 is 4.42 Å². The van der Waals surface area contributed by atoms with Crippen LogP contribution in [-0.4, -0.2) is 10.9 Å². The minimum atomic E-state index is -0.291. The van der Waals surface area contributed by atoms with E-state index in [2.05, 4.69) is 22.4 Å². The predicted molar refractivity (Wildman–Crippen MR) is 80.1 cm³/mol. The van der Waals surface area contributed by atoms with Gasteiger partial charge in [-0.1, -0.05) is 24.8 Å².